The largest absolute Gasteiger partial charge is 0.258 e. The molecule has 90 valence electrons. The van der Waals surface area contributed by atoms with E-state index >= 15 is 0 Å². The zero-order valence-corrected chi connectivity index (χ0v) is 10.7. The number of hydrogen-bond acceptors (Lipinski definition) is 2. The monoisotopic (exact) mass is 220 g/mol. The minimum absolute atomic E-state index is 0.504. The van der Waals surface area contributed by atoms with Crippen molar-refractivity contribution in [3.8, 4) is 0 Å². The van der Waals surface area contributed by atoms with Gasteiger partial charge in [0.25, 0.3) is 0 Å². The van der Waals surface area contributed by atoms with Crippen molar-refractivity contribution in [1.29, 1.82) is 0 Å². The second-order valence-corrected chi connectivity index (χ2v) is 4.50. The highest BCUT2D eigenvalue weighted by molar-refractivity contribution is 5.22. The maximum absolute atomic E-state index is 3.23. The van der Waals surface area contributed by atoms with Gasteiger partial charge in [-0.3, -0.25) is 10.9 Å². The summed E-state index contributed by atoms with van der Waals surface area (Å²) in [5.74, 6) is 0. The predicted molar refractivity (Wildman–Crippen MR) is 70.4 cm³/mol. The van der Waals surface area contributed by atoms with Gasteiger partial charge in [-0.1, -0.05) is 31.2 Å². The first kappa shape index (κ1) is 13.2. The van der Waals surface area contributed by atoms with Crippen molar-refractivity contribution >= 4 is 0 Å². The molecule has 0 saturated heterocycles. The molecule has 0 aromatic heterocycles. The molecule has 0 heterocycles. The summed E-state index contributed by atoms with van der Waals surface area (Å²) >= 11 is 0. The number of nitrogens with one attached hydrogen (secondary N) is 2. The van der Waals surface area contributed by atoms with E-state index in [0.29, 0.717) is 6.04 Å². The van der Waals surface area contributed by atoms with E-state index in [9.17, 15) is 0 Å². The van der Waals surface area contributed by atoms with Gasteiger partial charge in [0.15, 0.2) is 0 Å². The third kappa shape index (κ3) is 5.29. The molecule has 0 atom stereocenters. The van der Waals surface area contributed by atoms with E-state index in [1.807, 2.05) is 0 Å². The maximum atomic E-state index is 3.23. The van der Waals surface area contributed by atoms with Gasteiger partial charge >= 0.3 is 0 Å². The lowest BCUT2D eigenvalue weighted by Gasteiger charge is -2.09. The van der Waals surface area contributed by atoms with E-state index in [1.54, 1.807) is 0 Å². The van der Waals surface area contributed by atoms with Gasteiger partial charge < -0.3 is 0 Å². The maximum Gasteiger partial charge on any atom is 0.0156 e. The Labute approximate surface area is 99.4 Å². The zero-order valence-electron chi connectivity index (χ0n) is 10.7. The quantitative estimate of drug-likeness (QED) is 0.545. The Morgan fingerprint density at radius 2 is 1.69 bits per heavy atom. The summed E-state index contributed by atoms with van der Waals surface area (Å²) in [4.78, 5) is 0. The molecular formula is C14H24N2. The molecule has 0 saturated carbocycles. The molecule has 2 N–H and O–H groups in total. The van der Waals surface area contributed by atoms with E-state index < -0.39 is 0 Å². The molecule has 2 nitrogen and oxygen atoms in total. The Balaban J connectivity index is 2.16. The van der Waals surface area contributed by atoms with Gasteiger partial charge in [0.1, 0.15) is 0 Å². The minimum Gasteiger partial charge on any atom is -0.258 e. The molecule has 1 aromatic carbocycles. The highest BCUT2D eigenvalue weighted by Gasteiger charge is 1.94. The standard InChI is InChI=1S/C14H24N2/c1-4-13-7-9-14(10-8-13)6-5-11-15-16-12(2)3/h7-10,12,15-16H,4-6,11H2,1-3H3. The van der Waals surface area contributed by atoms with Crippen molar-refractivity contribution < 1.29 is 0 Å². The van der Waals surface area contributed by atoms with Crippen LogP contribution in [0.15, 0.2) is 24.3 Å². The molecule has 0 unspecified atom stereocenters. The smallest absolute Gasteiger partial charge is 0.0156 e. The summed E-state index contributed by atoms with van der Waals surface area (Å²) in [5, 5.41) is 0. The Bertz CT molecular complexity index is 277. The van der Waals surface area contributed by atoms with Crippen LogP contribution >= 0.6 is 0 Å². The first-order valence-corrected chi connectivity index (χ1v) is 6.28. The Morgan fingerprint density at radius 3 is 2.25 bits per heavy atom. The normalized spacial score (nSPS) is 11.0. The van der Waals surface area contributed by atoms with Crippen molar-refractivity contribution in [1.82, 2.24) is 10.9 Å². The van der Waals surface area contributed by atoms with Gasteiger partial charge in [-0.2, -0.15) is 0 Å². The molecule has 0 aliphatic carbocycles. The van der Waals surface area contributed by atoms with Crippen LogP contribution in [-0.4, -0.2) is 12.6 Å². The average molecular weight is 220 g/mol. The van der Waals surface area contributed by atoms with Gasteiger partial charge in [-0.15, -0.1) is 0 Å². The summed E-state index contributed by atoms with van der Waals surface area (Å²) in [6.45, 7) is 7.48. The van der Waals surface area contributed by atoms with Gasteiger partial charge in [0.2, 0.25) is 0 Å². The fraction of sp³-hybridized carbons (Fsp3) is 0.571. The molecule has 1 aromatic rings. The van der Waals surface area contributed by atoms with Crippen molar-refractivity contribution in [3.63, 3.8) is 0 Å². The second kappa shape index (κ2) is 7.42. The third-order valence-corrected chi connectivity index (χ3v) is 2.59. The van der Waals surface area contributed by atoms with Crippen molar-refractivity contribution in [2.24, 2.45) is 0 Å². The summed E-state index contributed by atoms with van der Waals surface area (Å²) < 4.78 is 0. The fourth-order valence-electron chi connectivity index (χ4n) is 1.60. The van der Waals surface area contributed by atoms with Crippen molar-refractivity contribution in [3.05, 3.63) is 35.4 Å². The molecule has 0 amide bonds. The third-order valence-electron chi connectivity index (χ3n) is 2.59. The number of rotatable bonds is 7. The first-order chi connectivity index (χ1) is 7.72. The molecule has 0 bridgehead atoms. The highest BCUT2D eigenvalue weighted by Crippen LogP contribution is 2.06. The molecule has 0 spiro atoms. The van der Waals surface area contributed by atoms with E-state index in [4.69, 9.17) is 0 Å². The molecule has 1 rings (SSSR count). The van der Waals surface area contributed by atoms with Crippen molar-refractivity contribution in [2.45, 2.75) is 46.1 Å². The molecule has 16 heavy (non-hydrogen) atoms. The molecular weight excluding hydrogens is 196 g/mol. The van der Waals surface area contributed by atoms with Gasteiger partial charge in [-0.05, 0) is 44.2 Å². The van der Waals surface area contributed by atoms with Crippen LogP contribution in [0.3, 0.4) is 0 Å². The van der Waals surface area contributed by atoms with Crippen LogP contribution in [0.25, 0.3) is 0 Å². The SMILES string of the molecule is CCc1ccc(CCCNNC(C)C)cc1. The zero-order chi connectivity index (χ0) is 11.8. The Hall–Kier alpha value is -0.860. The van der Waals surface area contributed by atoms with E-state index in [0.717, 1.165) is 19.4 Å². The minimum atomic E-state index is 0.504. The Morgan fingerprint density at radius 1 is 1.06 bits per heavy atom. The molecule has 0 fully saturated rings. The van der Waals surface area contributed by atoms with Crippen molar-refractivity contribution in [2.75, 3.05) is 6.54 Å². The predicted octanol–water partition coefficient (Wildman–Crippen LogP) is 2.68. The summed E-state index contributed by atoms with van der Waals surface area (Å²) in [7, 11) is 0. The fourth-order valence-corrected chi connectivity index (χ4v) is 1.60. The van der Waals surface area contributed by atoms with Gasteiger partial charge in [0.05, 0.1) is 0 Å². The van der Waals surface area contributed by atoms with E-state index in [2.05, 4.69) is 55.9 Å². The lowest BCUT2D eigenvalue weighted by molar-refractivity contribution is 0.466. The highest BCUT2D eigenvalue weighted by atomic mass is 15.4. The second-order valence-electron chi connectivity index (χ2n) is 4.50. The van der Waals surface area contributed by atoms with Crippen LogP contribution in [0.5, 0.6) is 0 Å². The molecule has 2 heteroatoms. The lowest BCUT2D eigenvalue weighted by Crippen LogP contribution is -2.37. The summed E-state index contributed by atoms with van der Waals surface area (Å²) in [6, 6.07) is 9.46. The summed E-state index contributed by atoms with van der Waals surface area (Å²) in [6.07, 6.45) is 3.45. The first-order valence-electron chi connectivity index (χ1n) is 6.28. The average Bonchev–Trinajstić information content (AvgIpc) is 2.29. The van der Waals surface area contributed by atoms with Crippen LogP contribution in [0.4, 0.5) is 0 Å². The van der Waals surface area contributed by atoms with Crippen LogP contribution in [0.1, 0.15) is 38.3 Å². The molecule has 0 aliphatic rings. The number of hydrogen-bond donors (Lipinski definition) is 2. The Kier molecular flexibility index (Phi) is 6.12. The summed E-state index contributed by atoms with van der Waals surface area (Å²) in [5.41, 5.74) is 9.28. The number of hydrazine groups is 1. The van der Waals surface area contributed by atoms with Crippen LogP contribution in [0, 0.1) is 0 Å². The van der Waals surface area contributed by atoms with E-state index in [-0.39, 0.29) is 0 Å². The van der Waals surface area contributed by atoms with Crippen LogP contribution in [-0.2, 0) is 12.8 Å². The molecule has 0 radical (unpaired) electrons. The lowest BCUT2D eigenvalue weighted by atomic mass is 10.1. The van der Waals surface area contributed by atoms with Crippen LogP contribution < -0.4 is 10.9 Å². The molecule has 0 aliphatic heterocycles. The van der Waals surface area contributed by atoms with Gasteiger partial charge in [0, 0.05) is 12.6 Å². The topological polar surface area (TPSA) is 24.1 Å². The van der Waals surface area contributed by atoms with Crippen LogP contribution in [0.2, 0.25) is 0 Å². The number of aryl methyl sites for hydroxylation is 2. The number of benzene rings is 1. The van der Waals surface area contributed by atoms with E-state index in [1.165, 1.54) is 17.5 Å². The van der Waals surface area contributed by atoms with Gasteiger partial charge in [-0.25, -0.2) is 0 Å².